The van der Waals surface area contributed by atoms with Crippen molar-refractivity contribution in [2.24, 2.45) is 0 Å². The van der Waals surface area contributed by atoms with Crippen molar-refractivity contribution in [2.75, 3.05) is 44.9 Å². The van der Waals surface area contributed by atoms with Crippen LogP contribution in [0.3, 0.4) is 0 Å². The lowest BCUT2D eigenvalue weighted by atomic mass is 10.1. The molecule has 6 aliphatic rings. The van der Waals surface area contributed by atoms with Crippen molar-refractivity contribution in [3.63, 3.8) is 0 Å². The Morgan fingerprint density at radius 3 is 1.71 bits per heavy atom. The molecule has 5 unspecified atom stereocenters. The molecular weight excluding hydrogens is 1080 g/mol. The van der Waals surface area contributed by atoms with E-state index in [1.165, 1.54) is 46.7 Å². The number of aliphatic hydroxyl groups excluding tert-OH is 4. The number of imidazole rings is 1. The maximum Gasteiger partial charge on any atom is 0.469 e. The van der Waals surface area contributed by atoms with Crippen LogP contribution in [0, 0.1) is 0 Å². The highest BCUT2D eigenvalue weighted by Gasteiger charge is 2.57. The lowest BCUT2D eigenvalue weighted by Crippen LogP contribution is -2.46. The van der Waals surface area contributed by atoms with Crippen molar-refractivity contribution in [3.8, 4) is 0 Å². The maximum absolute atomic E-state index is 11.4. The van der Waals surface area contributed by atoms with E-state index in [9.17, 15) is 43.7 Å². The quantitative estimate of drug-likeness (QED) is 0.0498. The average Bonchev–Trinajstić information content (AvgIpc) is 4.12. The van der Waals surface area contributed by atoms with Crippen LogP contribution in [-0.4, -0.2) is 204 Å². The molecule has 2 amide bonds. The summed E-state index contributed by atoms with van der Waals surface area (Å²) in [5.41, 5.74) is 0.819. The highest BCUT2D eigenvalue weighted by molar-refractivity contribution is 7.46. The van der Waals surface area contributed by atoms with E-state index in [2.05, 4.69) is 64.6 Å². The number of carbonyl (C=O) groups is 2. The number of rotatable bonds is 20. The van der Waals surface area contributed by atoms with E-state index in [1.54, 1.807) is 18.7 Å². The molecule has 426 valence electrons. The molecule has 33 nitrogen and oxygen atoms in total. The van der Waals surface area contributed by atoms with E-state index in [4.69, 9.17) is 57.8 Å². The minimum atomic E-state index is -4.74. The van der Waals surface area contributed by atoms with Crippen LogP contribution in [0.2, 0.25) is 0 Å². The summed E-state index contributed by atoms with van der Waals surface area (Å²) < 4.78 is 81.0. The lowest BCUT2D eigenvalue weighted by Gasteiger charge is -2.34. The van der Waals surface area contributed by atoms with Crippen LogP contribution in [-0.2, 0) is 65.3 Å². The van der Waals surface area contributed by atoms with Crippen LogP contribution in [0.1, 0.15) is 46.3 Å². The molecule has 2 aromatic rings. The van der Waals surface area contributed by atoms with Crippen LogP contribution in [0.4, 0.5) is 5.82 Å². The van der Waals surface area contributed by atoms with Gasteiger partial charge in [0.1, 0.15) is 72.9 Å². The molecule has 8 rings (SSSR count). The predicted octanol–water partition coefficient (Wildman–Crippen LogP) is -2.11. The summed E-state index contributed by atoms with van der Waals surface area (Å²) in [6, 6.07) is 0. The van der Waals surface area contributed by atoms with E-state index >= 15 is 0 Å². The summed E-state index contributed by atoms with van der Waals surface area (Å²) in [6.45, 7) is 13.3. The van der Waals surface area contributed by atoms with Crippen LogP contribution in [0.25, 0.3) is 11.2 Å². The monoisotopic (exact) mass is 1150 g/mol. The van der Waals surface area contributed by atoms with E-state index in [0.29, 0.717) is 36.0 Å². The number of aliphatic hydroxyl groups is 4. The van der Waals surface area contributed by atoms with Crippen molar-refractivity contribution in [3.05, 3.63) is 62.0 Å². The Kier molecular flexibility index (Phi) is 20.6. The number of hydrogen-bond donors (Lipinski definition) is 13. The van der Waals surface area contributed by atoms with Gasteiger partial charge in [-0.05, 0) is 26.7 Å². The number of phosphoric ester groups is 3. The minimum Gasteiger partial charge on any atom is -0.387 e. The van der Waals surface area contributed by atoms with Crippen LogP contribution in [0.5, 0.6) is 0 Å². The van der Waals surface area contributed by atoms with E-state index < -0.39 is 122 Å². The first kappa shape index (κ1) is 61.0. The molecule has 76 heavy (non-hydrogen) atoms. The van der Waals surface area contributed by atoms with Crippen molar-refractivity contribution in [1.29, 1.82) is 0 Å². The second kappa shape index (κ2) is 25.7. The van der Waals surface area contributed by atoms with Gasteiger partial charge in [0.15, 0.2) is 41.5 Å². The first-order chi connectivity index (χ1) is 35.6. The molecule has 12 atom stereocenters. The van der Waals surface area contributed by atoms with Crippen LogP contribution >= 0.6 is 23.5 Å². The molecule has 0 bridgehead atoms. The lowest BCUT2D eigenvalue weighted by molar-refractivity contribution is -0.202. The summed E-state index contributed by atoms with van der Waals surface area (Å²) in [5.74, 6) is -0.651. The van der Waals surface area contributed by atoms with E-state index in [0.717, 1.165) is 25.9 Å². The number of ether oxygens (including phenoxy) is 6. The first-order valence-corrected chi connectivity index (χ1v) is 27.7. The average molecular weight is 1150 g/mol. The Labute approximate surface area is 432 Å². The zero-order valence-corrected chi connectivity index (χ0v) is 43.6. The number of nitrogens with one attached hydrogen (secondary N) is 3. The van der Waals surface area contributed by atoms with Crippen molar-refractivity contribution >= 4 is 52.3 Å². The summed E-state index contributed by atoms with van der Waals surface area (Å²) in [7, 11) is -14.1. The number of carbonyl (C=O) groups excluding carboxylic acids is 2. The predicted molar refractivity (Wildman–Crippen MR) is 254 cm³/mol. The molecule has 2 aromatic heterocycles. The van der Waals surface area contributed by atoms with Gasteiger partial charge in [0.05, 0.1) is 26.1 Å². The molecule has 6 aliphatic heterocycles. The summed E-state index contributed by atoms with van der Waals surface area (Å²) in [4.78, 5) is 90.7. The third kappa shape index (κ3) is 16.4. The molecule has 36 heteroatoms. The Morgan fingerprint density at radius 1 is 0.684 bits per heavy atom. The molecule has 0 aliphatic carbocycles. The number of phosphoric acid groups is 3. The highest BCUT2D eigenvalue weighted by Crippen LogP contribution is 2.44. The minimum absolute atomic E-state index is 0.135. The Balaban J connectivity index is 0.000000189. The first-order valence-electron chi connectivity index (χ1n) is 23.1. The van der Waals surface area contributed by atoms with Crippen molar-refractivity contribution in [1.82, 2.24) is 40.0 Å². The SMILES string of the molecule is C=C1NC(=O)C=CN1[C@@H]1OC(COP(=O)(O)O)[C@@H](O)C1O.C=C1NC(=O)C=CN1[C@@H]1OC(COP(=O)(O)O)[C@H]2OC(C)(C)OC21.CCCCOCCCNc1ncnc2c1ncn2[C@@H]1OC(COP(=O)(O)O)[C@@H](O)[C@H]1O. The third-order valence-electron chi connectivity index (χ3n) is 11.5. The van der Waals surface area contributed by atoms with Gasteiger partial charge in [0.25, 0.3) is 11.8 Å². The molecule has 0 aromatic carbocycles. The van der Waals surface area contributed by atoms with Crippen molar-refractivity contribution in [2.45, 2.75) is 119 Å². The zero-order chi connectivity index (χ0) is 55.9. The number of aromatic nitrogens is 4. The van der Waals surface area contributed by atoms with Crippen LogP contribution < -0.4 is 16.0 Å². The van der Waals surface area contributed by atoms with Gasteiger partial charge in [0, 0.05) is 44.3 Å². The number of fused-ring (bicyclic) bond motifs is 2. The summed E-state index contributed by atoms with van der Waals surface area (Å²) in [6.07, 6.45) is -1.66. The molecule has 8 heterocycles. The molecule has 0 spiro atoms. The third-order valence-corrected chi connectivity index (χ3v) is 13.0. The van der Waals surface area contributed by atoms with Gasteiger partial charge < -0.3 is 104 Å². The molecule has 13 N–H and O–H groups in total. The fourth-order valence-electron chi connectivity index (χ4n) is 8.07. The maximum atomic E-state index is 11.4. The fraction of sp³-hybridized carbons (Fsp3) is 0.625. The van der Waals surface area contributed by atoms with Crippen LogP contribution in [0.15, 0.2) is 62.0 Å². The zero-order valence-electron chi connectivity index (χ0n) is 40.9. The number of hydrogen-bond acceptors (Lipinski definition) is 24. The van der Waals surface area contributed by atoms with Gasteiger partial charge in [-0.2, -0.15) is 0 Å². The molecular formula is C40H62N9O24P3. The van der Waals surface area contributed by atoms with Gasteiger partial charge in [-0.1, -0.05) is 26.5 Å². The number of amides is 2. The summed E-state index contributed by atoms with van der Waals surface area (Å²) >= 11 is 0. The van der Waals surface area contributed by atoms with Gasteiger partial charge in [-0.15, -0.1) is 0 Å². The summed E-state index contributed by atoms with van der Waals surface area (Å²) in [5, 5.41) is 48.4. The number of anilines is 1. The largest absolute Gasteiger partial charge is 0.469 e. The van der Waals surface area contributed by atoms with Gasteiger partial charge in [-0.25, -0.2) is 28.6 Å². The van der Waals surface area contributed by atoms with Crippen molar-refractivity contribution < 1.29 is 115 Å². The topological polar surface area (TPSA) is 457 Å². The van der Waals surface area contributed by atoms with Gasteiger partial charge in [0.2, 0.25) is 0 Å². The van der Waals surface area contributed by atoms with Gasteiger partial charge in [-0.3, -0.25) is 27.7 Å². The van der Waals surface area contributed by atoms with Gasteiger partial charge >= 0.3 is 23.5 Å². The smallest absolute Gasteiger partial charge is 0.387 e. The normalized spacial score (nSPS) is 30.2. The fourth-order valence-corrected chi connectivity index (χ4v) is 9.09. The number of nitrogens with zero attached hydrogens (tertiary/aromatic N) is 6. The Hall–Kier alpha value is -4.22. The second-order valence-electron chi connectivity index (χ2n) is 17.7. The highest BCUT2D eigenvalue weighted by atomic mass is 31.2. The second-order valence-corrected chi connectivity index (χ2v) is 21.4. The Morgan fingerprint density at radius 2 is 1.17 bits per heavy atom. The standard InChI is InChI=1S/C17H28N5O8P.C13H19N2O8P.C10H15N2O8P/c1-2-3-6-28-7-4-5-18-15-12-16(20-9-19-15)22(10-21-12)17-14(24)13(23)11(30-17)8-29-31(25,26)27;1-7-14-9(16)4-5-15(7)12-11-10(22-13(2,3)23-11)8(21-12)6-20-24(17,18)19;1-5-11-7(13)2-3-12(5)10-9(15)8(14)6(20-10)4-19-21(16,17)18/h9-11,13-14,17,23-24H,2-8H2,1H3,(H,18,19,20)(H2,25,26,27);4-5,8,10-12H,1,6H2,2-3H3,(H,14,16)(H2,17,18,19);2-3,6,8-10,14-15H,1,4H2,(H,11,13)(H2,16,17,18)/t11?,13-,14-,17-;8?,10-,11?,12-;6?,8-,9?,10-/m111/s1. The Bertz CT molecular complexity index is 2580. The molecule has 0 saturated carbocycles. The molecule has 0 radical (unpaired) electrons. The molecule has 4 saturated heterocycles. The van der Waals surface area contributed by atoms with E-state index in [-0.39, 0.29) is 18.3 Å². The van der Waals surface area contributed by atoms with E-state index in [1.807, 2.05) is 0 Å². The molecule has 4 fully saturated rings. The number of unbranched alkanes of at least 4 members (excludes halogenated alkanes) is 1.